The van der Waals surface area contributed by atoms with Crippen LogP contribution in [0.25, 0.3) is 10.9 Å². The largest absolute Gasteiger partial charge is 0.382 e. The lowest BCUT2D eigenvalue weighted by molar-refractivity contribution is -0.116. The lowest BCUT2D eigenvalue weighted by atomic mass is 10.1. The van der Waals surface area contributed by atoms with Gasteiger partial charge in [0, 0.05) is 31.5 Å². The summed E-state index contributed by atoms with van der Waals surface area (Å²) in [6, 6.07) is 15.5. The first-order valence-corrected chi connectivity index (χ1v) is 11.7. The van der Waals surface area contributed by atoms with E-state index >= 15 is 0 Å². The standard InChI is InChI=1S/C24H27N3O3S/c1-3-30-14-8-13-26-23(29)19-10-5-6-11-20(19)25-24(26)31-16-22(28)27-17(2)15-18-9-4-7-12-21(18)27/h4-7,9-12,17H,3,8,13-16H2,1-2H3. The minimum absolute atomic E-state index is 0.0331. The maximum absolute atomic E-state index is 13.1. The first-order valence-electron chi connectivity index (χ1n) is 10.7. The van der Waals surface area contributed by atoms with Crippen LogP contribution in [-0.2, 0) is 22.5 Å². The molecule has 0 aliphatic carbocycles. The molecule has 4 rings (SSSR count). The Hall–Kier alpha value is -2.64. The molecule has 0 saturated heterocycles. The topological polar surface area (TPSA) is 64.4 Å². The van der Waals surface area contributed by atoms with Crippen molar-refractivity contribution in [2.24, 2.45) is 0 Å². The van der Waals surface area contributed by atoms with E-state index in [4.69, 9.17) is 9.72 Å². The molecule has 1 atom stereocenters. The maximum Gasteiger partial charge on any atom is 0.262 e. The van der Waals surface area contributed by atoms with Gasteiger partial charge in [0.15, 0.2) is 5.16 Å². The Kier molecular flexibility index (Phi) is 6.73. The number of para-hydroxylation sites is 2. The molecule has 6 nitrogen and oxygen atoms in total. The van der Waals surface area contributed by atoms with Gasteiger partial charge in [0.1, 0.15) is 0 Å². The first kappa shape index (κ1) is 21.6. The molecule has 1 aliphatic rings. The van der Waals surface area contributed by atoms with Crippen LogP contribution >= 0.6 is 11.8 Å². The highest BCUT2D eigenvalue weighted by molar-refractivity contribution is 7.99. The fourth-order valence-electron chi connectivity index (χ4n) is 4.07. The number of amides is 1. The molecule has 1 aliphatic heterocycles. The zero-order chi connectivity index (χ0) is 21.8. The molecule has 0 fully saturated rings. The highest BCUT2D eigenvalue weighted by atomic mass is 32.2. The molecule has 0 N–H and O–H groups in total. The summed E-state index contributed by atoms with van der Waals surface area (Å²) < 4.78 is 7.11. The maximum atomic E-state index is 13.1. The molecular formula is C24H27N3O3S. The Morgan fingerprint density at radius 1 is 1.19 bits per heavy atom. The summed E-state index contributed by atoms with van der Waals surface area (Å²) in [7, 11) is 0. The summed E-state index contributed by atoms with van der Waals surface area (Å²) in [5.41, 5.74) is 2.77. The predicted molar refractivity (Wildman–Crippen MR) is 125 cm³/mol. The average molecular weight is 438 g/mol. The highest BCUT2D eigenvalue weighted by Crippen LogP contribution is 2.32. The number of ether oxygens (including phenoxy) is 1. The molecule has 1 amide bonds. The van der Waals surface area contributed by atoms with Gasteiger partial charge in [-0.15, -0.1) is 0 Å². The van der Waals surface area contributed by atoms with Crippen molar-refractivity contribution < 1.29 is 9.53 Å². The molecule has 3 aromatic rings. The predicted octanol–water partition coefficient (Wildman–Crippen LogP) is 3.89. The van der Waals surface area contributed by atoms with Crippen LogP contribution in [0.15, 0.2) is 58.5 Å². The second kappa shape index (κ2) is 9.66. The molecule has 7 heteroatoms. The van der Waals surface area contributed by atoms with Crippen molar-refractivity contribution >= 4 is 34.3 Å². The van der Waals surface area contributed by atoms with Gasteiger partial charge in [-0.05, 0) is 50.5 Å². The van der Waals surface area contributed by atoms with Crippen LogP contribution in [-0.4, -0.2) is 40.5 Å². The van der Waals surface area contributed by atoms with Crippen LogP contribution in [0.3, 0.4) is 0 Å². The third kappa shape index (κ3) is 4.52. The highest BCUT2D eigenvalue weighted by Gasteiger charge is 2.30. The van der Waals surface area contributed by atoms with Gasteiger partial charge in [0.05, 0.1) is 16.7 Å². The third-order valence-corrected chi connectivity index (χ3v) is 6.46. The summed E-state index contributed by atoms with van der Waals surface area (Å²) in [6.07, 6.45) is 1.58. The summed E-state index contributed by atoms with van der Waals surface area (Å²) in [5.74, 6) is 0.264. The van der Waals surface area contributed by atoms with E-state index in [1.165, 1.54) is 17.3 Å². The van der Waals surface area contributed by atoms with Gasteiger partial charge >= 0.3 is 0 Å². The number of fused-ring (bicyclic) bond motifs is 2. The van der Waals surface area contributed by atoms with Gasteiger partial charge in [-0.3, -0.25) is 14.2 Å². The van der Waals surface area contributed by atoms with Crippen LogP contribution in [0.5, 0.6) is 0 Å². The van der Waals surface area contributed by atoms with E-state index in [2.05, 4.69) is 13.0 Å². The van der Waals surface area contributed by atoms with E-state index in [1.54, 1.807) is 10.6 Å². The van der Waals surface area contributed by atoms with Crippen LogP contribution in [0, 0.1) is 0 Å². The zero-order valence-corrected chi connectivity index (χ0v) is 18.7. The Morgan fingerprint density at radius 2 is 1.97 bits per heavy atom. The van der Waals surface area contributed by atoms with Gasteiger partial charge in [-0.1, -0.05) is 42.1 Å². The van der Waals surface area contributed by atoms with Crippen molar-refractivity contribution in [3.05, 3.63) is 64.4 Å². The van der Waals surface area contributed by atoms with Crippen molar-refractivity contribution in [2.45, 2.75) is 44.4 Å². The van der Waals surface area contributed by atoms with Gasteiger partial charge in [-0.2, -0.15) is 0 Å². The molecule has 0 radical (unpaired) electrons. The van der Waals surface area contributed by atoms with E-state index in [1.807, 2.05) is 48.2 Å². The van der Waals surface area contributed by atoms with E-state index in [0.717, 1.165) is 12.1 Å². The van der Waals surface area contributed by atoms with Gasteiger partial charge in [-0.25, -0.2) is 4.98 Å². The van der Waals surface area contributed by atoms with Crippen molar-refractivity contribution in [3.63, 3.8) is 0 Å². The number of thioether (sulfide) groups is 1. The number of rotatable bonds is 8. The first-order chi connectivity index (χ1) is 15.1. The Morgan fingerprint density at radius 3 is 2.81 bits per heavy atom. The van der Waals surface area contributed by atoms with Crippen molar-refractivity contribution in [1.29, 1.82) is 0 Å². The SMILES string of the molecule is CCOCCCn1c(SCC(=O)N2c3ccccc3CC2C)nc2ccccc2c1=O. The normalized spacial score (nSPS) is 15.4. The molecule has 1 aromatic heterocycles. The number of benzene rings is 2. The molecule has 162 valence electrons. The number of anilines is 1. The number of carbonyl (C=O) groups excluding carboxylic acids is 1. The molecular weight excluding hydrogens is 410 g/mol. The minimum Gasteiger partial charge on any atom is -0.382 e. The fourth-order valence-corrected chi connectivity index (χ4v) is 4.95. The summed E-state index contributed by atoms with van der Waals surface area (Å²) in [4.78, 5) is 32.8. The molecule has 0 bridgehead atoms. The van der Waals surface area contributed by atoms with E-state index in [-0.39, 0.29) is 23.3 Å². The molecule has 0 spiro atoms. The Balaban J connectivity index is 1.57. The quantitative estimate of drug-likeness (QED) is 0.304. The number of hydrogen-bond donors (Lipinski definition) is 0. The number of hydrogen-bond acceptors (Lipinski definition) is 5. The molecule has 31 heavy (non-hydrogen) atoms. The lowest BCUT2D eigenvalue weighted by Gasteiger charge is -2.22. The van der Waals surface area contributed by atoms with Crippen LogP contribution < -0.4 is 10.5 Å². The number of carbonyl (C=O) groups is 1. The fraction of sp³-hybridized carbons (Fsp3) is 0.375. The molecule has 1 unspecified atom stereocenters. The van der Waals surface area contributed by atoms with E-state index in [0.29, 0.717) is 42.2 Å². The molecule has 0 saturated carbocycles. The van der Waals surface area contributed by atoms with Crippen molar-refractivity contribution in [1.82, 2.24) is 9.55 Å². The van der Waals surface area contributed by atoms with Crippen LogP contribution in [0.4, 0.5) is 5.69 Å². The minimum atomic E-state index is -0.0723. The van der Waals surface area contributed by atoms with Crippen molar-refractivity contribution in [2.75, 3.05) is 23.9 Å². The Bertz CT molecular complexity index is 1140. The second-order valence-electron chi connectivity index (χ2n) is 7.65. The van der Waals surface area contributed by atoms with Crippen molar-refractivity contribution in [3.8, 4) is 0 Å². The second-order valence-corrected chi connectivity index (χ2v) is 8.60. The summed E-state index contributed by atoms with van der Waals surface area (Å²) in [5, 5.41) is 1.17. The Labute approximate surface area is 186 Å². The number of nitrogens with zero attached hydrogens (tertiary/aromatic N) is 3. The smallest absolute Gasteiger partial charge is 0.262 e. The van der Waals surface area contributed by atoms with Crippen LogP contribution in [0.2, 0.25) is 0 Å². The monoisotopic (exact) mass is 437 g/mol. The summed E-state index contributed by atoms with van der Waals surface area (Å²) in [6.45, 7) is 5.77. The van der Waals surface area contributed by atoms with Gasteiger partial charge in [0.2, 0.25) is 5.91 Å². The third-order valence-electron chi connectivity index (χ3n) is 5.50. The van der Waals surface area contributed by atoms with Gasteiger partial charge < -0.3 is 9.64 Å². The van der Waals surface area contributed by atoms with Crippen LogP contribution in [0.1, 0.15) is 25.8 Å². The molecule has 2 heterocycles. The van der Waals surface area contributed by atoms with Gasteiger partial charge in [0.25, 0.3) is 5.56 Å². The lowest BCUT2D eigenvalue weighted by Crippen LogP contribution is -2.37. The van der Waals surface area contributed by atoms with E-state index < -0.39 is 0 Å². The average Bonchev–Trinajstić information content (AvgIpc) is 3.12. The van der Waals surface area contributed by atoms with E-state index in [9.17, 15) is 9.59 Å². The summed E-state index contributed by atoms with van der Waals surface area (Å²) >= 11 is 1.33. The number of aromatic nitrogens is 2. The molecule has 2 aromatic carbocycles. The zero-order valence-electron chi connectivity index (χ0n) is 17.9.